The van der Waals surface area contributed by atoms with Gasteiger partial charge >= 0.3 is 0 Å². The number of para-hydroxylation sites is 2. The third-order valence-corrected chi connectivity index (χ3v) is 2.59. The highest BCUT2D eigenvalue weighted by Gasteiger charge is 2.07. The number of hydrogen-bond donors (Lipinski definition) is 0. The van der Waals surface area contributed by atoms with E-state index in [9.17, 15) is 0 Å². The lowest BCUT2D eigenvalue weighted by atomic mass is 10.2. The van der Waals surface area contributed by atoms with Crippen molar-refractivity contribution in [2.24, 2.45) is 0 Å². The van der Waals surface area contributed by atoms with Crippen LogP contribution in [0, 0.1) is 0 Å². The monoisotopic (exact) mass is 249 g/mol. The molecule has 0 aliphatic carbocycles. The van der Waals surface area contributed by atoms with Gasteiger partial charge in [-0.05, 0) is 18.2 Å². The number of alkyl halides is 1. The van der Waals surface area contributed by atoms with Crippen LogP contribution >= 0.6 is 11.6 Å². The van der Waals surface area contributed by atoms with Crippen molar-refractivity contribution in [2.45, 2.75) is 5.88 Å². The predicted octanol–water partition coefficient (Wildman–Crippen LogP) is 3.62. The minimum absolute atomic E-state index is 0.382. The van der Waals surface area contributed by atoms with Gasteiger partial charge in [0.05, 0.1) is 19.2 Å². The Morgan fingerprint density at radius 1 is 1.12 bits per heavy atom. The van der Waals surface area contributed by atoms with Gasteiger partial charge in [-0.15, -0.1) is 11.6 Å². The molecule has 0 atom stereocenters. The molecular formula is C13H12ClNO2. The molecule has 4 heteroatoms. The summed E-state index contributed by atoms with van der Waals surface area (Å²) in [7, 11) is 1.61. The van der Waals surface area contributed by atoms with Crippen molar-refractivity contribution in [1.82, 2.24) is 4.98 Å². The van der Waals surface area contributed by atoms with Crippen molar-refractivity contribution in [2.75, 3.05) is 7.11 Å². The highest BCUT2D eigenvalue weighted by atomic mass is 35.5. The van der Waals surface area contributed by atoms with Gasteiger partial charge in [0.15, 0.2) is 11.5 Å². The molecule has 0 saturated carbocycles. The number of halogens is 1. The Labute approximate surface area is 105 Å². The van der Waals surface area contributed by atoms with Crippen LogP contribution < -0.4 is 9.47 Å². The zero-order valence-corrected chi connectivity index (χ0v) is 10.1. The summed E-state index contributed by atoms with van der Waals surface area (Å²) in [5.41, 5.74) is 0.896. The molecule has 3 nitrogen and oxygen atoms in total. The summed E-state index contributed by atoms with van der Waals surface area (Å²) in [6.07, 6.45) is 3.33. The molecule has 0 radical (unpaired) electrons. The second kappa shape index (κ2) is 5.55. The molecule has 0 fully saturated rings. The second-order valence-corrected chi connectivity index (χ2v) is 3.64. The molecule has 2 aromatic rings. The van der Waals surface area contributed by atoms with Gasteiger partial charge in [-0.3, -0.25) is 4.98 Å². The van der Waals surface area contributed by atoms with Crippen LogP contribution in [0.4, 0.5) is 0 Å². The number of hydrogen-bond acceptors (Lipinski definition) is 3. The first-order chi connectivity index (χ1) is 8.35. The van der Waals surface area contributed by atoms with Crippen LogP contribution in [0.1, 0.15) is 5.56 Å². The predicted molar refractivity (Wildman–Crippen MR) is 66.9 cm³/mol. The maximum Gasteiger partial charge on any atom is 0.169 e. The number of nitrogens with zero attached hydrogens (tertiary/aromatic N) is 1. The first-order valence-electron chi connectivity index (χ1n) is 5.15. The molecule has 1 aromatic carbocycles. The largest absolute Gasteiger partial charge is 0.493 e. The fraction of sp³-hybridized carbons (Fsp3) is 0.154. The van der Waals surface area contributed by atoms with E-state index in [0.29, 0.717) is 23.1 Å². The molecule has 0 saturated heterocycles. The molecular weight excluding hydrogens is 238 g/mol. The fourth-order valence-electron chi connectivity index (χ4n) is 1.43. The number of aromatic nitrogens is 1. The van der Waals surface area contributed by atoms with E-state index < -0.39 is 0 Å². The number of methoxy groups -OCH3 is 1. The van der Waals surface area contributed by atoms with E-state index in [-0.39, 0.29) is 0 Å². The molecule has 0 N–H and O–H groups in total. The quantitative estimate of drug-likeness (QED) is 0.776. The molecule has 0 amide bonds. The third-order valence-electron chi connectivity index (χ3n) is 2.30. The molecule has 0 unspecified atom stereocenters. The van der Waals surface area contributed by atoms with Gasteiger partial charge in [0.1, 0.15) is 5.75 Å². The van der Waals surface area contributed by atoms with Gasteiger partial charge in [0, 0.05) is 11.8 Å². The van der Waals surface area contributed by atoms with Crippen molar-refractivity contribution in [3.63, 3.8) is 0 Å². The first kappa shape index (κ1) is 11.7. The molecule has 1 heterocycles. The normalized spacial score (nSPS) is 10.0. The zero-order valence-electron chi connectivity index (χ0n) is 9.39. The Bertz CT molecular complexity index is 457. The van der Waals surface area contributed by atoms with Crippen LogP contribution in [0.5, 0.6) is 17.2 Å². The molecule has 1 aromatic heterocycles. The second-order valence-electron chi connectivity index (χ2n) is 3.37. The van der Waals surface area contributed by atoms with Crippen LogP contribution in [-0.4, -0.2) is 12.1 Å². The lowest BCUT2D eigenvalue weighted by Crippen LogP contribution is -1.93. The molecule has 88 valence electrons. The summed E-state index contributed by atoms with van der Waals surface area (Å²) < 4.78 is 11.0. The molecule has 0 aliphatic heterocycles. The minimum atomic E-state index is 0.382. The van der Waals surface area contributed by atoms with Gasteiger partial charge in [-0.25, -0.2) is 0 Å². The average Bonchev–Trinajstić information content (AvgIpc) is 2.40. The average molecular weight is 250 g/mol. The SMILES string of the molecule is COc1ccccc1Oc1cnccc1CCl. The maximum atomic E-state index is 5.83. The van der Waals surface area contributed by atoms with E-state index in [1.165, 1.54) is 0 Å². The van der Waals surface area contributed by atoms with Crippen LogP contribution in [0.2, 0.25) is 0 Å². The van der Waals surface area contributed by atoms with Crippen molar-refractivity contribution < 1.29 is 9.47 Å². The van der Waals surface area contributed by atoms with Crippen molar-refractivity contribution in [3.8, 4) is 17.2 Å². The zero-order chi connectivity index (χ0) is 12.1. The number of rotatable bonds is 4. The van der Waals surface area contributed by atoms with E-state index >= 15 is 0 Å². The van der Waals surface area contributed by atoms with Crippen molar-refractivity contribution in [1.29, 1.82) is 0 Å². The smallest absolute Gasteiger partial charge is 0.169 e. The van der Waals surface area contributed by atoms with E-state index in [1.807, 2.05) is 30.3 Å². The van der Waals surface area contributed by atoms with Gasteiger partial charge in [-0.2, -0.15) is 0 Å². The Morgan fingerprint density at radius 2 is 1.88 bits per heavy atom. The van der Waals surface area contributed by atoms with Crippen LogP contribution in [-0.2, 0) is 5.88 Å². The van der Waals surface area contributed by atoms with Crippen LogP contribution in [0.15, 0.2) is 42.7 Å². The molecule has 0 aliphatic rings. The standard InChI is InChI=1S/C13H12ClNO2/c1-16-11-4-2-3-5-12(11)17-13-9-15-7-6-10(13)8-14/h2-7,9H,8H2,1H3. The third kappa shape index (κ3) is 2.68. The molecule has 17 heavy (non-hydrogen) atoms. The summed E-state index contributed by atoms with van der Waals surface area (Å²) >= 11 is 5.83. The molecule has 0 spiro atoms. The summed E-state index contributed by atoms with van der Waals surface area (Å²) in [5.74, 6) is 2.35. The van der Waals surface area contributed by atoms with Gasteiger partial charge in [0.25, 0.3) is 0 Å². The Hall–Kier alpha value is -1.74. The maximum absolute atomic E-state index is 5.83. The minimum Gasteiger partial charge on any atom is -0.493 e. The van der Waals surface area contributed by atoms with Gasteiger partial charge < -0.3 is 9.47 Å². The molecule has 2 rings (SSSR count). The highest BCUT2D eigenvalue weighted by molar-refractivity contribution is 6.17. The Balaban J connectivity index is 2.31. The number of benzene rings is 1. The van der Waals surface area contributed by atoms with E-state index in [2.05, 4.69) is 4.98 Å². The van der Waals surface area contributed by atoms with Crippen LogP contribution in [0.3, 0.4) is 0 Å². The summed E-state index contributed by atoms with van der Waals surface area (Å²) in [4.78, 5) is 4.02. The number of ether oxygens (including phenoxy) is 2. The lowest BCUT2D eigenvalue weighted by Gasteiger charge is -2.11. The Kier molecular flexibility index (Phi) is 3.83. The topological polar surface area (TPSA) is 31.4 Å². The van der Waals surface area contributed by atoms with E-state index in [0.717, 1.165) is 5.56 Å². The van der Waals surface area contributed by atoms with E-state index in [4.69, 9.17) is 21.1 Å². The van der Waals surface area contributed by atoms with Crippen molar-refractivity contribution in [3.05, 3.63) is 48.3 Å². The summed E-state index contributed by atoms with van der Waals surface area (Å²) in [6, 6.07) is 9.28. The van der Waals surface area contributed by atoms with Crippen molar-refractivity contribution >= 4 is 11.6 Å². The lowest BCUT2D eigenvalue weighted by molar-refractivity contribution is 0.377. The number of pyridine rings is 1. The first-order valence-corrected chi connectivity index (χ1v) is 5.68. The van der Waals surface area contributed by atoms with Gasteiger partial charge in [0.2, 0.25) is 0 Å². The van der Waals surface area contributed by atoms with Crippen LogP contribution in [0.25, 0.3) is 0 Å². The highest BCUT2D eigenvalue weighted by Crippen LogP contribution is 2.32. The summed E-state index contributed by atoms with van der Waals surface area (Å²) in [5, 5.41) is 0. The fourth-order valence-corrected chi connectivity index (χ4v) is 1.65. The Morgan fingerprint density at radius 3 is 2.59 bits per heavy atom. The van der Waals surface area contributed by atoms with E-state index in [1.54, 1.807) is 19.5 Å². The molecule has 0 bridgehead atoms. The summed E-state index contributed by atoms with van der Waals surface area (Å²) in [6.45, 7) is 0. The van der Waals surface area contributed by atoms with Gasteiger partial charge in [-0.1, -0.05) is 12.1 Å².